The quantitative estimate of drug-likeness (QED) is 0.863. The molecule has 2 aromatic rings. The summed E-state index contributed by atoms with van der Waals surface area (Å²) in [6.45, 7) is 2.14. The third-order valence-corrected chi connectivity index (χ3v) is 2.89. The van der Waals surface area contributed by atoms with E-state index in [9.17, 15) is 4.79 Å². The summed E-state index contributed by atoms with van der Waals surface area (Å²) < 4.78 is 1.72. The van der Waals surface area contributed by atoms with Crippen molar-refractivity contribution in [2.24, 2.45) is 0 Å². The van der Waals surface area contributed by atoms with E-state index >= 15 is 0 Å². The second kappa shape index (κ2) is 6.13. The highest BCUT2D eigenvalue weighted by atomic mass is 16.4. The Hall–Kier alpha value is -2.17. The molecule has 0 unspecified atom stereocenters. The van der Waals surface area contributed by atoms with Crippen LogP contribution in [-0.2, 0) is 17.6 Å². The van der Waals surface area contributed by atoms with Gasteiger partial charge in [-0.05, 0) is 18.1 Å². The molecule has 0 amide bonds. The summed E-state index contributed by atoms with van der Waals surface area (Å²) in [7, 11) is 0. The maximum atomic E-state index is 10.5. The summed E-state index contributed by atoms with van der Waals surface area (Å²) in [5.74, 6) is -0.819. The number of carboxylic acid groups (broad SMARTS) is 1. The van der Waals surface area contributed by atoms with Crippen molar-refractivity contribution >= 4 is 5.97 Å². The standard InChI is InChI=1S/C14H17N3O2/c1-2-5-11-6-3-4-7-13(11)17-10-12(15-16-17)8-9-14(18)19/h3-4,6-7,10H,2,5,8-9H2,1H3,(H,18,19). The molecule has 5 heteroatoms. The fourth-order valence-electron chi connectivity index (χ4n) is 1.98. The summed E-state index contributed by atoms with van der Waals surface area (Å²) in [4.78, 5) is 10.5. The molecule has 0 aliphatic rings. The summed E-state index contributed by atoms with van der Waals surface area (Å²) >= 11 is 0. The summed E-state index contributed by atoms with van der Waals surface area (Å²) in [5.41, 5.74) is 2.94. The second-order valence-corrected chi connectivity index (χ2v) is 4.43. The Balaban J connectivity index is 2.20. The number of hydrogen-bond acceptors (Lipinski definition) is 3. The molecule has 19 heavy (non-hydrogen) atoms. The highest BCUT2D eigenvalue weighted by Crippen LogP contribution is 2.15. The lowest BCUT2D eigenvalue weighted by Gasteiger charge is -2.07. The van der Waals surface area contributed by atoms with Gasteiger partial charge >= 0.3 is 5.97 Å². The molecule has 1 aromatic carbocycles. The molecule has 0 fully saturated rings. The summed E-state index contributed by atoms with van der Waals surface area (Å²) in [5, 5.41) is 16.8. The predicted octanol–water partition coefficient (Wildman–Crippen LogP) is 2.24. The average molecular weight is 259 g/mol. The van der Waals surface area contributed by atoms with Gasteiger partial charge in [-0.25, -0.2) is 4.68 Å². The first kappa shape index (κ1) is 13.3. The molecule has 0 aliphatic carbocycles. The van der Waals surface area contributed by atoms with Gasteiger partial charge in [-0.1, -0.05) is 36.8 Å². The van der Waals surface area contributed by atoms with E-state index in [2.05, 4.69) is 23.3 Å². The van der Waals surface area contributed by atoms with Gasteiger partial charge in [0.15, 0.2) is 0 Å². The molecule has 0 spiro atoms. The smallest absolute Gasteiger partial charge is 0.303 e. The molecular formula is C14H17N3O2. The highest BCUT2D eigenvalue weighted by molar-refractivity contribution is 5.66. The Kier molecular flexibility index (Phi) is 4.28. The van der Waals surface area contributed by atoms with E-state index in [1.165, 1.54) is 5.56 Å². The number of aliphatic carboxylic acids is 1. The van der Waals surface area contributed by atoms with E-state index in [1.807, 2.05) is 18.2 Å². The topological polar surface area (TPSA) is 68.0 Å². The van der Waals surface area contributed by atoms with Crippen LogP contribution < -0.4 is 0 Å². The third-order valence-electron chi connectivity index (χ3n) is 2.89. The lowest BCUT2D eigenvalue weighted by molar-refractivity contribution is -0.136. The molecule has 0 saturated heterocycles. The number of carboxylic acids is 1. The number of nitrogens with zero attached hydrogens (tertiary/aromatic N) is 3. The van der Waals surface area contributed by atoms with Gasteiger partial charge in [-0.15, -0.1) is 5.10 Å². The van der Waals surface area contributed by atoms with Crippen LogP contribution in [0.1, 0.15) is 31.0 Å². The van der Waals surface area contributed by atoms with Crippen LogP contribution in [0.3, 0.4) is 0 Å². The maximum absolute atomic E-state index is 10.5. The first-order chi connectivity index (χ1) is 9.20. The van der Waals surface area contributed by atoms with Crippen LogP contribution in [0, 0.1) is 0 Å². The van der Waals surface area contributed by atoms with Crippen LogP contribution in [0.15, 0.2) is 30.5 Å². The summed E-state index contributed by atoms with van der Waals surface area (Å²) in [6, 6.07) is 8.06. The lowest BCUT2D eigenvalue weighted by atomic mass is 10.1. The van der Waals surface area contributed by atoms with Gasteiger partial charge in [0.25, 0.3) is 0 Å². The average Bonchev–Trinajstić information content (AvgIpc) is 2.86. The zero-order valence-electron chi connectivity index (χ0n) is 10.9. The van der Waals surface area contributed by atoms with E-state index in [1.54, 1.807) is 10.9 Å². The molecule has 1 aromatic heterocycles. The number of benzene rings is 1. The molecule has 0 aliphatic heterocycles. The largest absolute Gasteiger partial charge is 0.481 e. The lowest BCUT2D eigenvalue weighted by Crippen LogP contribution is -2.00. The van der Waals surface area contributed by atoms with Crippen LogP contribution in [0.5, 0.6) is 0 Å². The van der Waals surface area contributed by atoms with Crippen molar-refractivity contribution in [3.8, 4) is 5.69 Å². The van der Waals surface area contributed by atoms with Crippen molar-refractivity contribution in [3.05, 3.63) is 41.7 Å². The fourth-order valence-corrected chi connectivity index (χ4v) is 1.98. The van der Waals surface area contributed by atoms with E-state index in [-0.39, 0.29) is 6.42 Å². The molecule has 1 N–H and O–H groups in total. The number of carbonyl (C=O) groups is 1. The number of aromatic nitrogens is 3. The van der Waals surface area contributed by atoms with Gasteiger partial charge in [0, 0.05) is 6.42 Å². The molecule has 0 bridgehead atoms. The van der Waals surface area contributed by atoms with E-state index in [0.717, 1.165) is 18.5 Å². The van der Waals surface area contributed by atoms with Crippen molar-refractivity contribution in [2.45, 2.75) is 32.6 Å². The van der Waals surface area contributed by atoms with Crippen molar-refractivity contribution < 1.29 is 9.90 Å². The van der Waals surface area contributed by atoms with Gasteiger partial charge in [-0.2, -0.15) is 0 Å². The number of para-hydroxylation sites is 1. The van der Waals surface area contributed by atoms with Crippen LogP contribution in [-0.4, -0.2) is 26.1 Å². The van der Waals surface area contributed by atoms with Crippen molar-refractivity contribution in [3.63, 3.8) is 0 Å². The normalized spacial score (nSPS) is 10.6. The van der Waals surface area contributed by atoms with Crippen LogP contribution in [0.2, 0.25) is 0 Å². The van der Waals surface area contributed by atoms with Crippen molar-refractivity contribution in [1.82, 2.24) is 15.0 Å². The fraction of sp³-hybridized carbons (Fsp3) is 0.357. The minimum absolute atomic E-state index is 0.0787. The van der Waals surface area contributed by atoms with E-state index in [4.69, 9.17) is 5.11 Å². The molecule has 100 valence electrons. The summed E-state index contributed by atoms with van der Waals surface area (Å²) in [6.07, 6.45) is 4.34. The predicted molar refractivity (Wildman–Crippen MR) is 71.3 cm³/mol. The Morgan fingerprint density at radius 2 is 2.11 bits per heavy atom. The van der Waals surface area contributed by atoms with Gasteiger partial charge < -0.3 is 5.11 Å². The Labute approximate surface area is 111 Å². The van der Waals surface area contributed by atoms with Gasteiger partial charge in [0.2, 0.25) is 0 Å². The Bertz CT molecular complexity index is 563. The molecule has 0 atom stereocenters. The van der Waals surface area contributed by atoms with Crippen molar-refractivity contribution in [1.29, 1.82) is 0 Å². The molecule has 1 heterocycles. The zero-order chi connectivity index (χ0) is 13.7. The van der Waals surface area contributed by atoms with Crippen molar-refractivity contribution in [2.75, 3.05) is 0 Å². The number of rotatable bonds is 6. The van der Waals surface area contributed by atoms with Gasteiger partial charge in [0.05, 0.1) is 24.0 Å². The minimum Gasteiger partial charge on any atom is -0.481 e. The first-order valence-electron chi connectivity index (χ1n) is 6.42. The highest BCUT2D eigenvalue weighted by Gasteiger charge is 2.08. The maximum Gasteiger partial charge on any atom is 0.303 e. The first-order valence-corrected chi connectivity index (χ1v) is 6.42. The molecule has 0 saturated carbocycles. The van der Waals surface area contributed by atoms with Gasteiger partial charge in [-0.3, -0.25) is 4.79 Å². The zero-order valence-corrected chi connectivity index (χ0v) is 10.9. The minimum atomic E-state index is -0.819. The molecule has 5 nitrogen and oxygen atoms in total. The van der Waals surface area contributed by atoms with Crippen LogP contribution in [0.25, 0.3) is 5.69 Å². The SMILES string of the molecule is CCCc1ccccc1-n1cc(CCC(=O)O)nn1. The molecule has 0 radical (unpaired) electrons. The second-order valence-electron chi connectivity index (χ2n) is 4.43. The van der Waals surface area contributed by atoms with E-state index < -0.39 is 5.97 Å². The Morgan fingerprint density at radius 1 is 1.32 bits per heavy atom. The van der Waals surface area contributed by atoms with E-state index in [0.29, 0.717) is 12.1 Å². The third kappa shape index (κ3) is 3.40. The molecule has 2 rings (SSSR count). The number of aryl methyl sites for hydroxylation is 2. The Morgan fingerprint density at radius 3 is 2.84 bits per heavy atom. The van der Waals surface area contributed by atoms with Crippen LogP contribution >= 0.6 is 0 Å². The molecular weight excluding hydrogens is 242 g/mol. The number of hydrogen-bond donors (Lipinski definition) is 1. The van der Waals surface area contributed by atoms with Crippen LogP contribution in [0.4, 0.5) is 0 Å². The monoisotopic (exact) mass is 259 g/mol. The van der Waals surface area contributed by atoms with Gasteiger partial charge in [0.1, 0.15) is 0 Å².